The smallest absolute Gasteiger partial charge is 0.267 e. The molecule has 2 amide bonds. The van der Waals surface area contributed by atoms with Gasteiger partial charge >= 0.3 is 0 Å². The third-order valence-electron chi connectivity index (χ3n) is 4.15. The fourth-order valence-corrected chi connectivity index (χ4v) is 2.80. The first-order valence-electron chi connectivity index (χ1n) is 8.28. The first-order chi connectivity index (χ1) is 12.7. The van der Waals surface area contributed by atoms with Crippen LogP contribution in [0.2, 0.25) is 0 Å². The van der Waals surface area contributed by atoms with Crippen LogP contribution < -0.4 is 5.48 Å². The Morgan fingerprint density at radius 2 is 1.67 bits per heavy atom. The minimum atomic E-state index is -0.631. The van der Waals surface area contributed by atoms with Gasteiger partial charge in [0.05, 0.1) is 11.4 Å². The molecule has 0 atom stereocenters. The van der Waals surface area contributed by atoms with Crippen molar-refractivity contribution in [3.8, 4) is 0 Å². The Bertz CT molecular complexity index is 880. The van der Waals surface area contributed by atoms with Gasteiger partial charge in [0.1, 0.15) is 0 Å². The lowest BCUT2D eigenvalue weighted by Crippen LogP contribution is -2.34. The molecule has 1 aromatic heterocycles. The lowest BCUT2D eigenvalue weighted by molar-refractivity contribution is -0.127. The fourth-order valence-electron chi connectivity index (χ4n) is 2.80. The van der Waals surface area contributed by atoms with E-state index in [4.69, 9.17) is 5.21 Å². The Labute approximate surface area is 163 Å². The summed E-state index contributed by atoms with van der Waals surface area (Å²) in [5.74, 6) is -0.685. The van der Waals surface area contributed by atoms with Crippen molar-refractivity contribution < 1.29 is 14.8 Å². The number of carbonyl (C=O) groups is 2. The van der Waals surface area contributed by atoms with E-state index < -0.39 is 5.91 Å². The number of hydrogen-bond acceptors (Lipinski definition) is 4. The summed E-state index contributed by atoms with van der Waals surface area (Å²) in [5, 5.41) is 8.47. The van der Waals surface area contributed by atoms with Crippen LogP contribution in [0.5, 0.6) is 0 Å². The van der Waals surface area contributed by atoms with Crippen LogP contribution in [0.15, 0.2) is 54.6 Å². The van der Waals surface area contributed by atoms with Gasteiger partial charge in [-0.15, -0.1) is 12.4 Å². The van der Waals surface area contributed by atoms with E-state index in [1.807, 2.05) is 17.0 Å². The van der Waals surface area contributed by atoms with Crippen LogP contribution in [0.3, 0.4) is 0 Å². The third kappa shape index (κ3) is 5.51. The summed E-state index contributed by atoms with van der Waals surface area (Å²) < 4.78 is 0. The number of halogens is 1. The van der Waals surface area contributed by atoms with Gasteiger partial charge < -0.3 is 4.90 Å². The van der Waals surface area contributed by atoms with Gasteiger partial charge in [-0.2, -0.15) is 0 Å². The predicted molar refractivity (Wildman–Crippen MR) is 105 cm³/mol. The fraction of sp³-hybridized carbons (Fsp3) is 0.150. The topological polar surface area (TPSA) is 82.5 Å². The molecule has 0 radical (unpaired) electrons. The molecule has 0 bridgehead atoms. The maximum Gasteiger partial charge on any atom is 0.267 e. The summed E-state index contributed by atoms with van der Waals surface area (Å²) in [6, 6.07) is 13.5. The summed E-state index contributed by atoms with van der Waals surface area (Å²) >= 11 is 0. The number of hydroxylamine groups is 1. The predicted octanol–water partition coefficient (Wildman–Crippen LogP) is 2.62. The zero-order valence-corrected chi connectivity index (χ0v) is 15.4. The Hall–Kier alpha value is -2.96. The second kappa shape index (κ2) is 9.66. The van der Waals surface area contributed by atoms with E-state index in [0.717, 1.165) is 6.42 Å². The second-order valence-corrected chi connectivity index (χ2v) is 5.91. The van der Waals surface area contributed by atoms with Crippen LogP contribution in [-0.2, 0) is 22.6 Å². The second-order valence-electron chi connectivity index (χ2n) is 5.91. The molecular weight excluding hydrogens is 366 g/mol. The van der Waals surface area contributed by atoms with E-state index in [0.29, 0.717) is 24.5 Å². The lowest BCUT2D eigenvalue weighted by Gasteiger charge is -2.27. The number of amides is 2. The molecule has 27 heavy (non-hydrogen) atoms. The summed E-state index contributed by atoms with van der Waals surface area (Å²) in [6.45, 7) is 1.32. The van der Waals surface area contributed by atoms with E-state index in [9.17, 15) is 9.59 Å². The number of nitrogens with one attached hydrogen (secondary N) is 1. The Kier molecular flexibility index (Phi) is 7.28. The van der Waals surface area contributed by atoms with Gasteiger partial charge in [-0.25, -0.2) is 10.5 Å². The van der Waals surface area contributed by atoms with Crippen molar-refractivity contribution in [2.75, 3.05) is 6.54 Å². The molecule has 1 aliphatic heterocycles. The van der Waals surface area contributed by atoms with Crippen molar-refractivity contribution in [2.45, 2.75) is 13.0 Å². The molecular formula is C20H20ClN3O3. The molecule has 1 aliphatic rings. The number of carbonyl (C=O) groups excluding carboxylic acids is 2. The normalized spacial score (nSPS) is 13.3. The number of benzene rings is 1. The van der Waals surface area contributed by atoms with E-state index in [-0.39, 0.29) is 18.3 Å². The molecule has 2 aromatic rings. The molecule has 0 unspecified atom stereocenters. The number of pyridine rings is 1. The van der Waals surface area contributed by atoms with Crippen molar-refractivity contribution in [3.05, 3.63) is 77.1 Å². The molecule has 1 aromatic carbocycles. The standard InChI is InChI=1S/C20H19N3O3.ClH/c24-19(22-26)10-8-17-6-3-7-18(21-17)9-11-20(25)23-13-12-15-4-1-2-5-16(15)14-23;/h1-11,26H,12-14H2,(H,22,24);1H/b10-8+,11-9+;. The Morgan fingerprint density at radius 3 is 2.37 bits per heavy atom. The van der Waals surface area contributed by atoms with Gasteiger partial charge in [-0.3, -0.25) is 14.8 Å². The molecule has 0 aliphatic carbocycles. The average Bonchev–Trinajstić information content (AvgIpc) is 2.70. The van der Waals surface area contributed by atoms with Crippen LogP contribution in [0.4, 0.5) is 0 Å². The zero-order chi connectivity index (χ0) is 18.4. The van der Waals surface area contributed by atoms with Crippen LogP contribution in [0, 0.1) is 0 Å². The molecule has 3 rings (SSSR count). The SMILES string of the molecule is Cl.O=C(/C=C/c1cccc(/C=C/C(=O)N2CCc3ccccc3C2)n1)NO. The summed E-state index contributed by atoms with van der Waals surface area (Å²) in [4.78, 5) is 29.6. The minimum Gasteiger partial charge on any atom is -0.334 e. The van der Waals surface area contributed by atoms with Crippen molar-refractivity contribution in [1.82, 2.24) is 15.4 Å². The van der Waals surface area contributed by atoms with Gasteiger partial charge in [0.15, 0.2) is 0 Å². The molecule has 0 fully saturated rings. The maximum atomic E-state index is 12.4. The van der Waals surface area contributed by atoms with Gasteiger partial charge in [-0.1, -0.05) is 30.3 Å². The highest BCUT2D eigenvalue weighted by atomic mass is 35.5. The van der Waals surface area contributed by atoms with Crippen molar-refractivity contribution in [1.29, 1.82) is 0 Å². The highest BCUT2D eigenvalue weighted by molar-refractivity contribution is 5.92. The average molecular weight is 386 g/mol. The largest absolute Gasteiger partial charge is 0.334 e. The molecule has 140 valence electrons. The van der Waals surface area contributed by atoms with Gasteiger partial charge in [-0.05, 0) is 41.8 Å². The van der Waals surface area contributed by atoms with Crippen LogP contribution in [-0.4, -0.2) is 33.5 Å². The van der Waals surface area contributed by atoms with Crippen LogP contribution >= 0.6 is 12.4 Å². The number of nitrogens with zero attached hydrogens (tertiary/aromatic N) is 2. The summed E-state index contributed by atoms with van der Waals surface area (Å²) in [7, 11) is 0. The number of hydrogen-bond donors (Lipinski definition) is 2. The monoisotopic (exact) mass is 385 g/mol. The first-order valence-corrected chi connectivity index (χ1v) is 8.28. The third-order valence-corrected chi connectivity index (χ3v) is 4.15. The van der Waals surface area contributed by atoms with Crippen LogP contribution in [0.1, 0.15) is 22.5 Å². The van der Waals surface area contributed by atoms with Crippen LogP contribution in [0.25, 0.3) is 12.2 Å². The minimum absolute atomic E-state index is 0. The van der Waals surface area contributed by atoms with E-state index >= 15 is 0 Å². The highest BCUT2D eigenvalue weighted by Crippen LogP contribution is 2.18. The number of aromatic nitrogens is 1. The summed E-state index contributed by atoms with van der Waals surface area (Å²) in [6.07, 6.45) is 6.69. The van der Waals surface area contributed by atoms with Gasteiger partial charge in [0.2, 0.25) is 5.91 Å². The number of fused-ring (bicyclic) bond motifs is 1. The molecule has 0 saturated carbocycles. The van der Waals surface area contributed by atoms with Crippen molar-refractivity contribution >= 4 is 36.4 Å². The highest BCUT2D eigenvalue weighted by Gasteiger charge is 2.18. The quantitative estimate of drug-likeness (QED) is 0.481. The van der Waals surface area contributed by atoms with Crippen molar-refractivity contribution in [3.63, 3.8) is 0 Å². The van der Waals surface area contributed by atoms with E-state index in [1.165, 1.54) is 34.8 Å². The van der Waals surface area contributed by atoms with Crippen molar-refractivity contribution in [2.24, 2.45) is 0 Å². The number of rotatable bonds is 4. The molecule has 2 N–H and O–H groups in total. The Morgan fingerprint density at radius 1 is 1.00 bits per heavy atom. The molecule has 7 heteroatoms. The van der Waals surface area contributed by atoms with Gasteiger partial charge in [0, 0.05) is 25.2 Å². The zero-order valence-electron chi connectivity index (χ0n) is 14.5. The maximum absolute atomic E-state index is 12.4. The molecule has 2 heterocycles. The Balaban J connectivity index is 0.00000261. The summed E-state index contributed by atoms with van der Waals surface area (Å²) in [5.41, 5.74) is 5.17. The van der Waals surface area contributed by atoms with Gasteiger partial charge in [0.25, 0.3) is 5.91 Å². The molecule has 0 saturated heterocycles. The lowest BCUT2D eigenvalue weighted by atomic mass is 10.00. The first kappa shape index (κ1) is 20.4. The van der Waals surface area contributed by atoms with E-state index in [1.54, 1.807) is 24.3 Å². The molecule has 6 nitrogen and oxygen atoms in total. The molecule has 0 spiro atoms. The van der Waals surface area contributed by atoms with E-state index in [2.05, 4.69) is 17.1 Å².